The average molecular weight is 293 g/mol. The summed E-state index contributed by atoms with van der Waals surface area (Å²) in [5.74, 6) is 0.276. The number of nitrogens with two attached hydrogens (primary N) is 1. The zero-order valence-corrected chi connectivity index (χ0v) is 11.1. The second-order valence-electron chi connectivity index (χ2n) is 5.34. The SMILES string of the molecule is Nc1ncnc2c1ncn2[C@@H]1O[C@@]2(CO)CCO[C@H]1C2O. The lowest BCUT2D eigenvalue weighted by atomic mass is 9.90. The van der Waals surface area contributed by atoms with Gasteiger partial charge < -0.3 is 25.4 Å². The number of ether oxygens (including phenoxy) is 2. The number of nitrogen functional groups attached to an aromatic ring is 1. The first-order valence-electron chi connectivity index (χ1n) is 6.68. The number of nitrogens with zero attached hydrogens (tertiary/aromatic N) is 4. The highest BCUT2D eigenvalue weighted by Gasteiger charge is 2.58. The lowest BCUT2D eigenvalue weighted by Gasteiger charge is -2.33. The minimum atomic E-state index is -0.997. The van der Waals surface area contributed by atoms with Gasteiger partial charge in [-0.1, -0.05) is 0 Å². The number of imidazole rings is 1. The number of aromatic nitrogens is 4. The summed E-state index contributed by atoms with van der Waals surface area (Å²) in [7, 11) is 0. The molecule has 21 heavy (non-hydrogen) atoms. The molecule has 0 aliphatic carbocycles. The van der Waals surface area contributed by atoms with Gasteiger partial charge in [0, 0.05) is 6.42 Å². The molecule has 2 aliphatic rings. The molecule has 112 valence electrons. The van der Waals surface area contributed by atoms with Crippen molar-refractivity contribution < 1.29 is 19.7 Å². The van der Waals surface area contributed by atoms with Crippen LogP contribution in [0.3, 0.4) is 0 Å². The van der Waals surface area contributed by atoms with Crippen LogP contribution < -0.4 is 5.73 Å². The van der Waals surface area contributed by atoms with Crippen molar-refractivity contribution in [2.45, 2.75) is 30.5 Å². The molecule has 2 saturated heterocycles. The van der Waals surface area contributed by atoms with Crippen molar-refractivity contribution in [2.75, 3.05) is 18.9 Å². The molecule has 4 atom stereocenters. The first-order chi connectivity index (χ1) is 10.2. The first kappa shape index (κ1) is 12.9. The minimum absolute atomic E-state index is 0.270. The van der Waals surface area contributed by atoms with Crippen LogP contribution in [0.15, 0.2) is 12.7 Å². The van der Waals surface area contributed by atoms with Crippen molar-refractivity contribution >= 4 is 17.0 Å². The van der Waals surface area contributed by atoms with Crippen LogP contribution in [-0.2, 0) is 9.47 Å². The highest BCUT2D eigenvalue weighted by Crippen LogP contribution is 2.44. The smallest absolute Gasteiger partial charge is 0.167 e. The molecule has 0 spiro atoms. The third-order valence-corrected chi connectivity index (χ3v) is 4.25. The molecular formula is C12H15N5O4. The number of rotatable bonds is 2. The maximum absolute atomic E-state index is 10.4. The summed E-state index contributed by atoms with van der Waals surface area (Å²) in [6.45, 7) is 0.150. The second kappa shape index (κ2) is 4.34. The molecule has 9 heteroatoms. The van der Waals surface area contributed by atoms with Gasteiger partial charge in [0.05, 0.1) is 19.5 Å². The van der Waals surface area contributed by atoms with Crippen molar-refractivity contribution in [1.29, 1.82) is 0 Å². The lowest BCUT2D eigenvalue weighted by Crippen LogP contribution is -2.51. The van der Waals surface area contributed by atoms with Gasteiger partial charge in [0.2, 0.25) is 0 Å². The summed E-state index contributed by atoms with van der Waals surface area (Å²) in [4.78, 5) is 12.2. The third-order valence-electron chi connectivity index (χ3n) is 4.25. The van der Waals surface area contributed by atoms with Gasteiger partial charge in [-0.2, -0.15) is 0 Å². The second-order valence-corrected chi connectivity index (χ2v) is 5.34. The maximum atomic E-state index is 10.4. The highest BCUT2D eigenvalue weighted by molar-refractivity contribution is 5.81. The summed E-state index contributed by atoms with van der Waals surface area (Å²) in [6.07, 6.45) is 1.20. The van der Waals surface area contributed by atoms with Crippen LogP contribution in [-0.4, -0.2) is 60.8 Å². The summed E-state index contributed by atoms with van der Waals surface area (Å²) in [5, 5.41) is 20.0. The minimum Gasteiger partial charge on any atom is -0.393 e. The number of hydrogen-bond acceptors (Lipinski definition) is 8. The van der Waals surface area contributed by atoms with Crippen LogP contribution in [0, 0.1) is 0 Å². The van der Waals surface area contributed by atoms with E-state index in [0.717, 1.165) is 0 Å². The quantitative estimate of drug-likeness (QED) is 0.631. The van der Waals surface area contributed by atoms with Gasteiger partial charge in [-0.3, -0.25) is 4.57 Å². The molecule has 2 aromatic rings. The molecule has 4 rings (SSSR count). The van der Waals surface area contributed by atoms with Crippen LogP contribution in [0.2, 0.25) is 0 Å². The Balaban J connectivity index is 1.81. The van der Waals surface area contributed by atoms with Crippen molar-refractivity contribution in [2.24, 2.45) is 0 Å². The van der Waals surface area contributed by atoms with Gasteiger partial charge in [-0.25, -0.2) is 15.0 Å². The van der Waals surface area contributed by atoms with Crippen LogP contribution in [0.1, 0.15) is 12.6 Å². The van der Waals surface area contributed by atoms with Crippen molar-refractivity contribution in [3.63, 3.8) is 0 Å². The van der Waals surface area contributed by atoms with Crippen LogP contribution >= 0.6 is 0 Å². The summed E-state index contributed by atoms with van der Waals surface area (Å²) in [6, 6.07) is 0. The van der Waals surface area contributed by atoms with E-state index in [4.69, 9.17) is 15.2 Å². The Morgan fingerprint density at radius 3 is 3.05 bits per heavy atom. The Morgan fingerprint density at radius 1 is 1.43 bits per heavy atom. The number of hydrogen-bond donors (Lipinski definition) is 3. The van der Waals surface area contributed by atoms with Gasteiger partial charge in [-0.05, 0) is 0 Å². The van der Waals surface area contributed by atoms with Gasteiger partial charge >= 0.3 is 0 Å². The van der Waals surface area contributed by atoms with Crippen molar-refractivity contribution in [3.05, 3.63) is 12.7 Å². The molecule has 0 aromatic carbocycles. The summed E-state index contributed by atoms with van der Waals surface area (Å²) < 4.78 is 13.2. The van der Waals surface area contributed by atoms with Gasteiger partial charge in [0.25, 0.3) is 0 Å². The van der Waals surface area contributed by atoms with E-state index in [9.17, 15) is 10.2 Å². The molecule has 0 radical (unpaired) electrons. The largest absolute Gasteiger partial charge is 0.393 e. The molecular weight excluding hydrogens is 278 g/mol. The van der Waals surface area contributed by atoms with E-state index >= 15 is 0 Å². The maximum Gasteiger partial charge on any atom is 0.167 e. The monoisotopic (exact) mass is 293 g/mol. The molecule has 2 aliphatic heterocycles. The number of aliphatic hydroxyl groups excluding tert-OH is 2. The van der Waals surface area contributed by atoms with E-state index in [1.807, 2.05) is 0 Å². The average Bonchev–Trinajstić information content (AvgIpc) is 2.96. The fraction of sp³-hybridized carbons (Fsp3) is 0.583. The predicted molar refractivity (Wildman–Crippen MR) is 70.0 cm³/mol. The molecule has 2 fully saturated rings. The molecule has 2 bridgehead atoms. The number of anilines is 1. The molecule has 0 saturated carbocycles. The van der Waals surface area contributed by atoms with E-state index in [2.05, 4.69) is 15.0 Å². The van der Waals surface area contributed by atoms with Gasteiger partial charge in [0.1, 0.15) is 29.7 Å². The molecule has 4 N–H and O–H groups in total. The summed E-state index contributed by atoms with van der Waals surface area (Å²) >= 11 is 0. The Labute approximate surface area is 119 Å². The fourth-order valence-corrected chi connectivity index (χ4v) is 3.06. The zero-order chi connectivity index (χ0) is 14.6. The van der Waals surface area contributed by atoms with Crippen molar-refractivity contribution in [3.8, 4) is 0 Å². The number of fused-ring (bicyclic) bond motifs is 3. The molecule has 4 heterocycles. The first-order valence-corrected chi connectivity index (χ1v) is 6.68. The topological polar surface area (TPSA) is 129 Å². The van der Waals surface area contributed by atoms with Crippen LogP contribution in [0.25, 0.3) is 11.2 Å². The van der Waals surface area contributed by atoms with Gasteiger partial charge in [-0.15, -0.1) is 0 Å². The normalized spacial score (nSPS) is 35.4. The Bertz CT molecular complexity index is 691. The van der Waals surface area contributed by atoms with Gasteiger partial charge in [0.15, 0.2) is 17.7 Å². The van der Waals surface area contributed by atoms with E-state index in [1.54, 1.807) is 4.57 Å². The highest BCUT2D eigenvalue weighted by atomic mass is 16.6. The van der Waals surface area contributed by atoms with Crippen LogP contribution in [0.4, 0.5) is 5.82 Å². The number of aliphatic hydroxyl groups is 2. The van der Waals surface area contributed by atoms with E-state index in [-0.39, 0.29) is 12.4 Å². The Hall–Kier alpha value is -1.81. The van der Waals surface area contributed by atoms with E-state index < -0.39 is 24.0 Å². The van der Waals surface area contributed by atoms with E-state index in [1.165, 1.54) is 12.7 Å². The Morgan fingerprint density at radius 2 is 2.29 bits per heavy atom. The third kappa shape index (κ3) is 1.62. The van der Waals surface area contributed by atoms with E-state index in [0.29, 0.717) is 24.2 Å². The lowest BCUT2D eigenvalue weighted by molar-refractivity contribution is -0.143. The predicted octanol–water partition coefficient (Wildman–Crippen LogP) is -1.18. The molecule has 2 aromatic heterocycles. The standard InChI is InChI=1S/C12H15N5O4/c13-9-6-10(15-4-14-9)17(5-16-6)11-7-8(19)12(3-18,21-11)1-2-20-7/h4-5,7-8,11,18-19H,1-3H2,(H2,13,14,15)/t7-,8?,11+,12+/m0/s1. The molecule has 9 nitrogen and oxygen atoms in total. The Kier molecular flexibility index (Phi) is 2.67. The zero-order valence-electron chi connectivity index (χ0n) is 11.1. The molecule has 0 amide bonds. The van der Waals surface area contributed by atoms with Crippen molar-refractivity contribution in [1.82, 2.24) is 19.5 Å². The van der Waals surface area contributed by atoms with Crippen LogP contribution in [0.5, 0.6) is 0 Å². The summed E-state index contributed by atoms with van der Waals surface area (Å²) in [5.41, 5.74) is 5.74. The molecule has 1 unspecified atom stereocenters. The fourth-order valence-electron chi connectivity index (χ4n) is 3.06.